The average molecular weight is 339 g/mol. The predicted molar refractivity (Wildman–Crippen MR) is 106 cm³/mol. The number of rotatable bonds is 5. The zero-order chi connectivity index (χ0) is 17.8. The quantitative estimate of drug-likeness (QED) is 0.552. The first-order chi connectivity index (χ1) is 12.1. The van der Waals surface area contributed by atoms with Crippen LogP contribution in [0.1, 0.15) is 58.9 Å². The SMILES string of the molecule is CC(C)=C1CCC(COCc2ccccc2)=C[C@@H]2[C@H]1CC[C@H]2C(C)C. The van der Waals surface area contributed by atoms with Crippen LogP contribution in [0.5, 0.6) is 0 Å². The van der Waals surface area contributed by atoms with Crippen LogP contribution in [-0.2, 0) is 11.3 Å². The standard InChI is InChI=1S/C24H34O/c1-17(2)21-11-10-20(16-25-15-19-8-6-5-7-9-19)14-24-22(18(3)4)12-13-23(21)24/h5-9,14,18,22-24H,10-13,15-16H2,1-4H3/t22-,23-,24-/m0/s1. The maximum Gasteiger partial charge on any atom is 0.0721 e. The van der Waals surface area contributed by atoms with Gasteiger partial charge >= 0.3 is 0 Å². The summed E-state index contributed by atoms with van der Waals surface area (Å²) in [5.74, 6) is 3.11. The lowest BCUT2D eigenvalue weighted by Crippen LogP contribution is -2.18. The molecule has 0 saturated heterocycles. The summed E-state index contributed by atoms with van der Waals surface area (Å²) >= 11 is 0. The highest BCUT2D eigenvalue weighted by molar-refractivity contribution is 5.26. The van der Waals surface area contributed by atoms with Gasteiger partial charge in [0.15, 0.2) is 0 Å². The molecule has 1 heteroatoms. The Bertz CT molecular complexity index is 619. The Morgan fingerprint density at radius 3 is 2.48 bits per heavy atom. The molecule has 1 fully saturated rings. The molecule has 3 rings (SSSR count). The van der Waals surface area contributed by atoms with Crippen molar-refractivity contribution < 1.29 is 4.74 Å². The summed E-state index contributed by atoms with van der Waals surface area (Å²) in [6, 6.07) is 10.5. The Morgan fingerprint density at radius 1 is 1.04 bits per heavy atom. The summed E-state index contributed by atoms with van der Waals surface area (Å²) in [6.45, 7) is 10.9. The summed E-state index contributed by atoms with van der Waals surface area (Å²) in [7, 11) is 0. The summed E-state index contributed by atoms with van der Waals surface area (Å²) < 4.78 is 6.07. The summed E-state index contributed by atoms with van der Waals surface area (Å²) in [6.07, 6.45) is 7.78. The van der Waals surface area contributed by atoms with Crippen LogP contribution in [0.4, 0.5) is 0 Å². The van der Waals surface area contributed by atoms with Gasteiger partial charge in [-0.25, -0.2) is 0 Å². The third-order valence-corrected chi connectivity index (χ3v) is 6.26. The first-order valence-corrected chi connectivity index (χ1v) is 10.0. The minimum absolute atomic E-state index is 0.718. The van der Waals surface area contributed by atoms with Gasteiger partial charge in [0.1, 0.15) is 0 Å². The number of hydrogen-bond acceptors (Lipinski definition) is 1. The lowest BCUT2D eigenvalue weighted by molar-refractivity contribution is 0.140. The molecule has 1 saturated carbocycles. The van der Waals surface area contributed by atoms with Crippen molar-refractivity contribution in [3.05, 3.63) is 58.7 Å². The van der Waals surface area contributed by atoms with E-state index in [0.717, 1.165) is 36.9 Å². The summed E-state index contributed by atoms with van der Waals surface area (Å²) in [4.78, 5) is 0. The van der Waals surface area contributed by atoms with Gasteiger partial charge in [-0.05, 0) is 74.3 Å². The van der Waals surface area contributed by atoms with E-state index < -0.39 is 0 Å². The van der Waals surface area contributed by atoms with Gasteiger partial charge in [-0.3, -0.25) is 0 Å². The molecular weight excluding hydrogens is 304 g/mol. The van der Waals surface area contributed by atoms with Crippen LogP contribution < -0.4 is 0 Å². The number of allylic oxidation sites excluding steroid dienone is 3. The van der Waals surface area contributed by atoms with Crippen molar-refractivity contribution in [3.63, 3.8) is 0 Å². The molecule has 0 bridgehead atoms. The zero-order valence-electron chi connectivity index (χ0n) is 16.4. The molecule has 0 heterocycles. The van der Waals surface area contributed by atoms with Crippen molar-refractivity contribution in [3.8, 4) is 0 Å². The van der Waals surface area contributed by atoms with E-state index >= 15 is 0 Å². The molecule has 25 heavy (non-hydrogen) atoms. The van der Waals surface area contributed by atoms with E-state index in [1.54, 1.807) is 11.1 Å². The molecule has 1 aromatic carbocycles. The van der Waals surface area contributed by atoms with E-state index in [9.17, 15) is 0 Å². The number of benzene rings is 1. The number of fused-ring (bicyclic) bond motifs is 1. The molecule has 0 aromatic heterocycles. The van der Waals surface area contributed by atoms with Crippen molar-refractivity contribution in [2.45, 2.75) is 60.0 Å². The van der Waals surface area contributed by atoms with E-state index in [1.165, 1.54) is 36.8 Å². The summed E-state index contributed by atoms with van der Waals surface area (Å²) in [5.41, 5.74) is 6.08. The second kappa shape index (κ2) is 8.36. The Kier molecular flexibility index (Phi) is 6.17. The summed E-state index contributed by atoms with van der Waals surface area (Å²) in [5, 5.41) is 0. The molecule has 0 radical (unpaired) electrons. The molecule has 3 atom stereocenters. The topological polar surface area (TPSA) is 9.23 Å². The fourth-order valence-electron chi connectivity index (χ4n) is 4.93. The normalized spacial score (nSPS) is 26.4. The molecular formula is C24H34O. The van der Waals surface area contributed by atoms with Gasteiger partial charge in [0, 0.05) is 0 Å². The van der Waals surface area contributed by atoms with Gasteiger partial charge in [0.05, 0.1) is 13.2 Å². The van der Waals surface area contributed by atoms with E-state index in [-0.39, 0.29) is 0 Å². The van der Waals surface area contributed by atoms with Gasteiger partial charge in [-0.15, -0.1) is 0 Å². The van der Waals surface area contributed by atoms with E-state index in [1.807, 2.05) is 0 Å². The third kappa shape index (κ3) is 4.44. The van der Waals surface area contributed by atoms with Crippen molar-refractivity contribution in [1.29, 1.82) is 0 Å². The van der Waals surface area contributed by atoms with Gasteiger partial charge in [-0.2, -0.15) is 0 Å². The van der Waals surface area contributed by atoms with Crippen LogP contribution in [0.15, 0.2) is 53.1 Å². The molecule has 1 aromatic rings. The molecule has 0 spiro atoms. The minimum Gasteiger partial charge on any atom is -0.372 e. The largest absolute Gasteiger partial charge is 0.372 e. The first-order valence-electron chi connectivity index (χ1n) is 10.0. The average Bonchev–Trinajstić information content (AvgIpc) is 2.90. The maximum absolute atomic E-state index is 6.07. The lowest BCUT2D eigenvalue weighted by Gasteiger charge is -2.26. The Labute approximate surface area is 154 Å². The van der Waals surface area contributed by atoms with Crippen LogP contribution >= 0.6 is 0 Å². The highest BCUT2D eigenvalue weighted by atomic mass is 16.5. The number of ether oxygens (including phenoxy) is 1. The zero-order valence-corrected chi connectivity index (χ0v) is 16.4. The van der Waals surface area contributed by atoms with Gasteiger partial charge in [0.25, 0.3) is 0 Å². The van der Waals surface area contributed by atoms with Crippen LogP contribution in [0.2, 0.25) is 0 Å². The van der Waals surface area contributed by atoms with Crippen molar-refractivity contribution in [1.82, 2.24) is 0 Å². The van der Waals surface area contributed by atoms with Crippen LogP contribution in [-0.4, -0.2) is 6.61 Å². The van der Waals surface area contributed by atoms with Crippen LogP contribution in [0.25, 0.3) is 0 Å². The number of hydrogen-bond donors (Lipinski definition) is 0. The van der Waals surface area contributed by atoms with Gasteiger partial charge in [-0.1, -0.05) is 61.4 Å². The predicted octanol–water partition coefficient (Wildman–Crippen LogP) is 6.56. The first kappa shape index (κ1) is 18.5. The highest BCUT2D eigenvalue weighted by Crippen LogP contribution is 2.49. The van der Waals surface area contributed by atoms with Gasteiger partial charge < -0.3 is 4.74 Å². The monoisotopic (exact) mass is 338 g/mol. The minimum atomic E-state index is 0.718. The molecule has 2 aliphatic rings. The smallest absolute Gasteiger partial charge is 0.0721 e. The van der Waals surface area contributed by atoms with Gasteiger partial charge in [0.2, 0.25) is 0 Å². The Morgan fingerprint density at radius 2 is 1.80 bits per heavy atom. The maximum atomic E-state index is 6.07. The van der Waals surface area contributed by atoms with Crippen LogP contribution in [0, 0.1) is 23.7 Å². The Hall–Kier alpha value is -1.34. The van der Waals surface area contributed by atoms with Crippen molar-refractivity contribution in [2.75, 3.05) is 6.61 Å². The van der Waals surface area contributed by atoms with E-state index in [0.29, 0.717) is 0 Å². The molecule has 0 amide bonds. The van der Waals surface area contributed by atoms with E-state index in [4.69, 9.17) is 4.74 Å². The Balaban J connectivity index is 1.71. The molecule has 0 N–H and O–H groups in total. The molecule has 0 aliphatic heterocycles. The fraction of sp³-hybridized carbons (Fsp3) is 0.583. The molecule has 1 nitrogen and oxygen atoms in total. The molecule has 2 aliphatic carbocycles. The second-order valence-electron chi connectivity index (χ2n) is 8.50. The fourth-order valence-corrected chi connectivity index (χ4v) is 4.93. The molecule has 0 unspecified atom stereocenters. The highest BCUT2D eigenvalue weighted by Gasteiger charge is 2.39. The second-order valence-corrected chi connectivity index (χ2v) is 8.50. The van der Waals surface area contributed by atoms with Crippen molar-refractivity contribution in [2.24, 2.45) is 23.7 Å². The van der Waals surface area contributed by atoms with Crippen molar-refractivity contribution >= 4 is 0 Å². The lowest BCUT2D eigenvalue weighted by atomic mass is 9.79. The van der Waals surface area contributed by atoms with Crippen LogP contribution in [0.3, 0.4) is 0 Å². The molecule has 136 valence electrons. The third-order valence-electron chi connectivity index (χ3n) is 6.26. The van der Waals surface area contributed by atoms with E-state index in [2.05, 4.69) is 64.1 Å².